The highest BCUT2D eigenvalue weighted by atomic mass is 32.2. The number of aryl methyl sites for hydroxylation is 1. The second-order valence-electron chi connectivity index (χ2n) is 6.73. The molecular weight excluding hydrogens is 334 g/mol. The van der Waals surface area contributed by atoms with Gasteiger partial charge in [0.25, 0.3) is 16.1 Å². The second-order valence-corrected chi connectivity index (χ2v) is 8.28. The van der Waals surface area contributed by atoms with Crippen LogP contribution in [0.5, 0.6) is 0 Å². The average Bonchev–Trinajstić information content (AvgIpc) is 2.87. The van der Waals surface area contributed by atoms with Crippen LogP contribution in [0.4, 0.5) is 0 Å². The van der Waals surface area contributed by atoms with Crippen molar-refractivity contribution in [3.8, 4) is 11.6 Å². The summed E-state index contributed by atoms with van der Waals surface area (Å²) in [6.07, 6.45) is 2.47. The molecule has 0 unspecified atom stereocenters. The minimum absolute atomic E-state index is 0.0666. The van der Waals surface area contributed by atoms with Gasteiger partial charge in [-0.3, -0.25) is 0 Å². The van der Waals surface area contributed by atoms with E-state index < -0.39 is 10.2 Å². The average molecular weight is 353 g/mol. The highest BCUT2D eigenvalue weighted by Gasteiger charge is 2.58. The predicted molar refractivity (Wildman–Crippen MR) is 83.0 cm³/mol. The summed E-state index contributed by atoms with van der Waals surface area (Å²) in [5, 5.41) is 13.3. The highest BCUT2D eigenvalue weighted by Crippen LogP contribution is 2.64. The van der Waals surface area contributed by atoms with E-state index in [4.69, 9.17) is 14.2 Å². The molecule has 0 aromatic carbocycles. The van der Waals surface area contributed by atoms with E-state index in [2.05, 4.69) is 15.3 Å². The summed E-state index contributed by atoms with van der Waals surface area (Å²) in [7, 11) is -3.60. The molecule has 2 aliphatic rings. The normalized spacial score (nSPS) is 23.7. The van der Waals surface area contributed by atoms with Crippen LogP contribution in [0.25, 0.3) is 11.6 Å². The van der Waals surface area contributed by atoms with Crippen LogP contribution in [-0.4, -0.2) is 41.1 Å². The minimum atomic E-state index is -3.60. The van der Waals surface area contributed by atoms with Gasteiger partial charge in [0.05, 0.1) is 0 Å². The molecule has 9 nitrogen and oxygen atoms in total. The maximum atomic E-state index is 11.4. The molecule has 2 aromatic heterocycles. The number of piperidine rings is 1. The molecule has 0 bridgehead atoms. The molecule has 3 heterocycles. The Morgan fingerprint density at radius 2 is 1.92 bits per heavy atom. The van der Waals surface area contributed by atoms with E-state index >= 15 is 0 Å². The molecule has 1 spiro atoms. The molecule has 24 heavy (non-hydrogen) atoms. The van der Waals surface area contributed by atoms with Crippen LogP contribution < -0.4 is 5.14 Å². The molecule has 1 saturated heterocycles. The van der Waals surface area contributed by atoms with E-state index in [1.807, 2.05) is 13.8 Å². The van der Waals surface area contributed by atoms with Gasteiger partial charge in [0, 0.05) is 24.6 Å². The van der Waals surface area contributed by atoms with Crippen molar-refractivity contribution in [1.29, 1.82) is 0 Å². The number of aromatic nitrogens is 3. The van der Waals surface area contributed by atoms with Gasteiger partial charge in [-0.25, -0.2) is 5.14 Å². The molecule has 4 rings (SSSR count). The quantitative estimate of drug-likeness (QED) is 0.875. The molecule has 1 aliphatic carbocycles. The third-order valence-corrected chi connectivity index (χ3v) is 6.47. The Balaban J connectivity index is 1.49. The molecule has 0 amide bonds. The predicted octanol–water partition coefficient (Wildman–Crippen LogP) is 1.11. The van der Waals surface area contributed by atoms with Crippen molar-refractivity contribution in [2.75, 3.05) is 13.1 Å². The van der Waals surface area contributed by atoms with Crippen LogP contribution in [-0.2, 0) is 10.2 Å². The number of hydrogen-bond donors (Lipinski definition) is 1. The van der Waals surface area contributed by atoms with Crippen LogP contribution >= 0.6 is 0 Å². The molecule has 0 radical (unpaired) electrons. The Hall–Kier alpha value is -1.78. The molecule has 1 aliphatic heterocycles. The molecule has 1 atom stereocenters. The molecule has 1 saturated carbocycles. The lowest BCUT2D eigenvalue weighted by Crippen LogP contribution is -2.43. The van der Waals surface area contributed by atoms with Gasteiger partial charge in [0.15, 0.2) is 11.5 Å². The smallest absolute Gasteiger partial charge is 0.280 e. The lowest BCUT2D eigenvalue weighted by molar-refractivity contribution is 0.249. The topological polar surface area (TPSA) is 128 Å². The largest absolute Gasteiger partial charge is 0.361 e. The first-order valence-corrected chi connectivity index (χ1v) is 9.35. The lowest BCUT2D eigenvalue weighted by atomic mass is 9.92. The van der Waals surface area contributed by atoms with E-state index in [0.29, 0.717) is 30.5 Å². The van der Waals surface area contributed by atoms with Crippen molar-refractivity contribution in [1.82, 2.24) is 19.6 Å². The summed E-state index contributed by atoms with van der Waals surface area (Å²) in [4.78, 5) is 4.48. The van der Waals surface area contributed by atoms with Crippen molar-refractivity contribution in [3.63, 3.8) is 0 Å². The molecular formula is C14H19N5O4S. The van der Waals surface area contributed by atoms with Crippen molar-refractivity contribution in [2.24, 2.45) is 10.6 Å². The maximum absolute atomic E-state index is 11.4. The van der Waals surface area contributed by atoms with Gasteiger partial charge in [-0.15, -0.1) is 0 Å². The van der Waals surface area contributed by atoms with E-state index in [0.717, 1.165) is 30.6 Å². The van der Waals surface area contributed by atoms with Gasteiger partial charge in [-0.05, 0) is 38.5 Å². The summed E-state index contributed by atoms with van der Waals surface area (Å²) in [6.45, 7) is 4.62. The van der Waals surface area contributed by atoms with Crippen LogP contribution in [0.15, 0.2) is 9.05 Å². The second kappa shape index (κ2) is 5.11. The summed E-state index contributed by atoms with van der Waals surface area (Å²) < 4.78 is 34.6. The van der Waals surface area contributed by atoms with Gasteiger partial charge in [0.1, 0.15) is 5.76 Å². The molecule has 10 heteroatoms. The first-order valence-electron chi connectivity index (χ1n) is 7.85. The fraction of sp³-hybridized carbons (Fsp3) is 0.643. The highest BCUT2D eigenvalue weighted by molar-refractivity contribution is 7.86. The molecule has 2 fully saturated rings. The van der Waals surface area contributed by atoms with Crippen molar-refractivity contribution in [2.45, 2.75) is 39.0 Å². The van der Waals surface area contributed by atoms with E-state index in [-0.39, 0.29) is 11.3 Å². The zero-order valence-electron chi connectivity index (χ0n) is 13.5. The first-order chi connectivity index (χ1) is 11.3. The SMILES string of the molecule is Cc1onc(-c2nc([C@@H]3CC34CCN(S(N)(=O)=O)CC4)no2)c1C. The summed E-state index contributed by atoms with van der Waals surface area (Å²) in [5.41, 5.74) is 1.53. The Morgan fingerprint density at radius 3 is 2.50 bits per heavy atom. The van der Waals surface area contributed by atoms with Crippen molar-refractivity contribution < 1.29 is 17.5 Å². The summed E-state index contributed by atoms with van der Waals surface area (Å²) in [5.74, 6) is 1.95. The standard InChI is InChI=1S/C14H19N5O4S/c1-8-9(2)22-17-11(8)13-16-12(18-23-13)10-7-14(10)3-5-19(6-4-14)24(15,20)21/h10H,3-7H2,1-2H3,(H2,15,20,21)/t10-/m0/s1. The number of hydrogen-bond acceptors (Lipinski definition) is 7. The Bertz CT molecular complexity index is 879. The minimum Gasteiger partial charge on any atom is -0.361 e. The van der Waals surface area contributed by atoms with E-state index in [9.17, 15) is 8.42 Å². The van der Waals surface area contributed by atoms with E-state index in [1.54, 1.807) is 0 Å². The lowest BCUT2D eigenvalue weighted by Gasteiger charge is -2.30. The van der Waals surface area contributed by atoms with Crippen LogP contribution in [0.2, 0.25) is 0 Å². The summed E-state index contributed by atoms with van der Waals surface area (Å²) >= 11 is 0. The Morgan fingerprint density at radius 1 is 1.21 bits per heavy atom. The van der Waals surface area contributed by atoms with Crippen LogP contribution in [0, 0.1) is 19.3 Å². The number of nitrogens with two attached hydrogens (primary N) is 1. The monoisotopic (exact) mass is 353 g/mol. The summed E-state index contributed by atoms with van der Waals surface area (Å²) in [6, 6.07) is 0. The van der Waals surface area contributed by atoms with Gasteiger partial charge >= 0.3 is 0 Å². The van der Waals surface area contributed by atoms with Crippen molar-refractivity contribution >= 4 is 10.2 Å². The molecule has 2 N–H and O–H groups in total. The maximum Gasteiger partial charge on any atom is 0.280 e. The van der Waals surface area contributed by atoms with Gasteiger partial charge in [-0.1, -0.05) is 10.3 Å². The fourth-order valence-corrected chi connectivity index (χ4v) is 4.23. The van der Waals surface area contributed by atoms with E-state index in [1.165, 1.54) is 4.31 Å². The molecule has 130 valence electrons. The fourth-order valence-electron chi connectivity index (χ4n) is 3.54. The first kappa shape index (κ1) is 15.7. The Labute approximate surface area is 139 Å². The zero-order chi connectivity index (χ0) is 17.1. The van der Waals surface area contributed by atoms with Crippen LogP contribution in [0.1, 0.15) is 42.3 Å². The van der Waals surface area contributed by atoms with Crippen molar-refractivity contribution in [3.05, 3.63) is 17.1 Å². The van der Waals surface area contributed by atoms with Crippen LogP contribution in [0.3, 0.4) is 0 Å². The van der Waals surface area contributed by atoms with Gasteiger partial charge in [-0.2, -0.15) is 17.7 Å². The number of rotatable bonds is 3. The third-order valence-electron chi connectivity index (χ3n) is 5.38. The third kappa shape index (κ3) is 2.45. The van der Waals surface area contributed by atoms with Gasteiger partial charge < -0.3 is 9.05 Å². The zero-order valence-corrected chi connectivity index (χ0v) is 14.3. The Kier molecular flexibility index (Phi) is 3.35. The van der Waals surface area contributed by atoms with Gasteiger partial charge in [0.2, 0.25) is 0 Å². The number of nitrogens with zero attached hydrogens (tertiary/aromatic N) is 4. The molecule has 2 aromatic rings.